The maximum absolute atomic E-state index is 11.0. The molecular weight excluding hydrogens is 288 g/mol. The molecule has 0 saturated heterocycles. The van der Waals surface area contributed by atoms with E-state index >= 15 is 0 Å². The highest BCUT2D eigenvalue weighted by Gasteiger charge is 2.04. The van der Waals surface area contributed by atoms with Crippen molar-refractivity contribution in [3.63, 3.8) is 0 Å². The molecule has 1 aromatic rings. The summed E-state index contributed by atoms with van der Waals surface area (Å²) in [5.41, 5.74) is 2.05. The minimum absolute atomic E-state index is 0.0484. The van der Waals surface area contributed by atoms with Crippen LogP contribution in [0.3, 0.4) is 0 Å². The molecule has 23 heavy (non-hydrogen) atoms. The first kappa shape index (κ1) is 19.0. The Bertz CT molecular complexity index is 496. The van der Waals surface area contributed by atoms with E-state index in [0.717, 1.165) is 37.7 Å². The van der Waals surface area contributed by atoms with Gasteiger partial charge < -0.3 is 15.5 Å². The van der Waals surface area contributed by atoms with Gasteiger partial charge in [0.25, 0.3) is 0 Å². The minimum atomic E-state index is -0.0484. The molecule has 1 rings (SSSR count). The van der Waals surface area contributed by atoms with E-state index in [1.807, 2.05) is 24.3 Å². The molecule has 1 amide bonds. The molecule has 1 aromatic carbocycles. The van der Waals surface area contributed by atoms with Gasteiger partial charge in [-0.1, -0.05) is 25.5 Å². The first-order valence-corrected chi connectivity index (χ1v) is 8.42. The number of nitrogens with one attached hydrogen (secondary N) is 2. The second-order valence-electron chi connectivity index (χ2n) is 5.64. The van der Waals surface area contributed by atoms with Crippen molar-refractivity contribution in [2.75, 3.05) is 32.0 Å². The zero-order valence-electron chi connectivity index (χ0n) is 14.9. The summed E-state index contributed by atoms with van der Waals surface area (Å²) in [5.74, 6) is 0.920. The van der Waals surface area contributed by atoms with E-state index in [4.69, 9.17) is 4.99 Å². The number of benzene rings is 1. The van der Waals surface area contributed by atoms with Crippen molar-refractivity contribution in [3.8, 4) is 0 Å². The van der Waals surface area contributed by atoms with Gasteiger partial charge in [-0.2, -0.15) is 0 Å². The summed E-state index contributed by atoms with van der Waals surface area (Å²) < 4.78 is 0. The lowest BCUT2D eigenvalue weighted by molar-refractivity contribution is -0.114. The standard InChI is InChI=1S/C18H30N4O/c1-5-7-14-22(4)18(19-6-2)20-13-12-16-8-10-17(11-9-16)21-15(3)23/h8-11H,5-7,12-14H2,1-4H3,(H,19,20)(H,21,23). The van der Waals surface area contributed by atoms with Crippen LogP contribution < -0.4 is 10.6 Å². The third kappa shape index (κ3) is 7.68. The van der Waals surface area contributed by atoms with Crippen molar-refractivity contribution in [3.05, 3.63) is 29.8 Å². The Hall–Kier alpha value is -2.04. The summed E-state index contributed by atoms with van der Waals surface area (Å²) in [6.45, 7) is 8.44. The van der Waals surface area contributed by atoms with Gasteiger partial charge in [0.1, 0.15) is 0 Å². The van der Waals surface area contributed by atoms with Gasteiger partial charge in [-0.05, 0) is 37.5 Å². The molecule has 0 atom stereocenters. The van der Waals surface area contributed by atoms with Crippen LogP contribution in [0.4, 0.5) is 5.69 Å². The Morgan fingerprint density at radius 3 is 2.48 bits per heavy atom. The maximum atomic E-state index is 11.0. The maximum Gasteiger partial charge on any atom is 0.221 e. The third-order valence-electron chi connectivity index (χ3n) is 3.48. The fraction of sp³-hybridized carbons (Fsp3) is 0.556. The normalized spacial score (nSPS) is 11.2. The first-order chi connectivity index (χ1) is 11.1. The highest BCUT2D eigenvalue weighted by Crippen LogP contribution is 2.10. The van der Waals surface area contributed by atoms with Gasteiger partial charge in [-0.15, -0.1) is 0 Å². The van der Waals surface area contributed by atoms with Crippen molar-refractivity contribution in [2.24, 2.45) is 4.99 Å². The molecule has 5 nitrogen and oxygen atoms in total. The monoisotopic (exact) mass is 318 g/mol. The number of rotatable bonds is 8. The fourth-order valence-electron chi connectivity index (χ4n) is 2.22. The lowest BCUT2D eigenvalue weighted by atomic mass is 10.1. The fourth-order valence-corrected chi connectivity index (χ4v) is 2.22. The number of carbonyl (C=O) groups is 1. The van der Waals surface area contributed by atoms with Crippen molar-refractivity contribution in [2.45, 2.75) is 40.0 Å². The van der Waals surface area contributed by atoms with Crippen LogP contribution in [0.5, 0.6) is 0 Å². The number of hydrogen-bond donors (Lipinski definition) is 2. The number of hydrogen-bond acceptors (Lipinski definition) is 2. The predicted octanol–water partition coefficient (Wildman–Crippen LogP) is 2.88. The second-order valence-corrected chi connectivity index (χ2v) is 5.64. The van der Waals surface area contributed by atoms with Crippen LogP contribution in [0.2, 0.25) is 0 Å². The third-order valence-corrected chi connectivity index (χ3v) is 3.48. The molecule has 128 valence electrons. The smallest absolute Gasteiger partial charge is 0.221 e. The average molecular weight is 318 g/mol. The van der Waals surface area contributed by atoms with Gasteiger partial charge in [0, 0.05) is 39.3 Å². The average Bonchev–Trinajstić information content (AvgIpc) is 2.53. The summed E-state index contributed by atoms with van der Waals surface area (Å²) >= 11 is 0. The number of anilines is 1. The van der Waals surface area contributed by atoms with Crippen molar-refractivity contribution in [1.29, 1.82) is 0 Å². The van der Waals surface area contributed by atoms with Crippen LogP contribution >= 0.6 is 0 Å². The molecule has 0 aliphatic rings. The molecule has 0 heterocycles. The predicted molar refractivity (Wildman–Crippen MR) is 98.0 cm³/mol. The molecule has 0 aliphatic carbocycles. The van der Waals surface area contributed by atoms with Crippen LogP contribution in [-0.2, 0) is 11.2 Å². The number of unbranched alkanes of at least 4 members (excludes halogenated alkanes) is 1. The van der Waals surface area contributed by atoms with Gasteiger partial charge in [0.2, 0.25) is 5.91 Å². The zero-order valence-corrected chi connectivity index (χ0v) is 14.9. The van der Waals surface area contributed by atoms with E-state index < -0.39 is 0 Å². The molecule has 0 bridgehead atoms. The Morgan fingerprint density at radius 2 is 1.91 bits per heavy atom. The van der Waals surface area contributed by atoms with E-state index in [9.17, 15) is 4.79 Å². The van der Waals surface area contributed by atoms with E-state index in [2.05, 4.69) is 36.4 Å². The van der Waals surface area contributed by atoms with E-state index in [1.165, 1.54) is 25.3 Å². The minimum Gasteiger partial charge on any atom is -0.357 e. The lowest BCUT2D eigenvalue weighted by Crippen LogP contribution is -2.39. The number of nitrogens with zero attached hydrogens (tertiary/aromatic N) is 2. The quantitative estimate of drug-likeness (QED) is 0.572. The van der Waals surface area contributed by atoms with E-state index in [-0.39, 0.29) is 5.91 Å². The van der Waals surface area contributed by atoms with Crippen LogP contribution in [-0.4, -0.2) is 43.4 Å². The Balaban J connectivity index is 2.54. The summed E-state index contributed by atoms with van der Waals surface area (Å²) in [4.78, 5) is 17.9. The number of aliphatic imine (C=N–C) groups is 1. The molecule has 0 unspecified atom stereocenters. The van der Waals surface area contributed by atoms with E-state index in [1.54, 1.807) is 0 Å². The summed E-state index contributed by atoms with van der Waals surface area (Å²) in [7, 11) is 2.08. The Morgan fingerprint density at radius 1 is 1.22 bits per heavy atom. The number of amides is 1. The lowest BCUT2D eigenvalue weighted by Gasteiger charge is -2.21. The largest absolute Gasteiger partial charge is 0.357 e. The number of guanidine groups is 1. The van der Waals surface area contributed by atoms with Crippen LogP contribution in [0, 0.1) is 0 Å². The second kappa shape index (κ2) is 10.6. The Labute approximate surface area is 140 Å². The molecular formula is C18H30N4O. The molecule has 0 fully saturated rings. The van der Waals surface area contributed by atoms with Crippen LogP contribution in [0.15, 0.2) is 29.3 Å². The van der Waals surface area contributed by atoms with Crippen molar-refractivity contribution in [1.82, 2.24) is 10.2 Å². The van der Waals surface area contributed by atoms with Gasteiger partial charge in [0.15, 0.2) is 5.96 Å². The topological polar surface area (TPSA) is 56.7 Å². The first-order valence-electron chi connectivity index (χ1n) is 8.42. The summed E-state index contributed by atoms with van der Waals surface area (Å²) in [5, 5.41) is 6.11. The van der Waals surface area contributed by atoms with Crippen LogP contribution in [0.25, 0.3) is 0 Å². The summed E-state index contributed by atoms with van der Waals surface area (Å²) in [6.07, 6.45) is 3.24. The van der Waals surface area contributed by atoms with Gasteiger partial charge in [-0.25, -0.2) is 0 Å². The SMILES string of the molecule is CCCCN(C)C(=NCCc1ccc(NC(C)=O)cc1)NCC. The van der Waals surface area contributed by atoms with Crippen molar-refractivity contribution >= 4 is 17.6 Å². The molecule has 2 N–H and O–H groups in total. The molecule has 0 aromatic heterocycles. The molecule has 0 radical (unpaired) electrons. The van der Waals surface area contributed by atoms with Gasteiger partial charge in [0.05, 0.1) is 0 Å². The van der Waals surface area contributed by atoms with Gasteiger partial charge in [-0.3, -0.25) is 9.79 Å². The summed E-state index contributed by atoms with van der Waals surface area (Å²) in [6, 6.07) is 7.93. The number of carbonyl (C=O) groups excluding carboxylic acids is 1. The molecule has 0 aliphatic heterocycles. The molecule has 0 spiro atoms. The van der Waals surface area contributed by atoms with Crippen molar-refractivity contribution < 1.29 is 4.79 Å². The highest BCUT2D eigenvalue weighted by atomic mass is 16.1. The molecule has 5 heteroatoms. The molecule has 0 saturated carbocycles. The van der Waals surface area contributed by atoms with Crippen LogP contribution in [0.1, 0.15) is 39.2 Å². The Kier molecular flexibility index (Phi) is 8.80. The van der Waals surface area contributed by atoms with E-state index in [0.29, 0.717) is 0 Å². The van der Waals surface area contributed by atoms with Gasteiger partial charge >= 0.3 is 0 Å². The highest BCUT2D eigenvalue weighted by molar-refractivity contribution is 5.88. The zero-order chi connectivity index (χ0) is 17.1.